The quantitative estimate of drug-likeness (QED) is 0.672. The number of aliphatic hydroxyl groups excluding tert-OH is 1. The number of benzene rings is 3. The first-order valence-corrected chi connectivity index (χ1v) is 11.2. The van der Waals surface area contributed by atoms with E-state index >= 15 is 0 Å². The molecule has 0 saturated heterocycles. The second-order valence-corrected chi connectivity index (χ2v) is 10.9. The van der Waals surface area contributed by atoms with Crippen molar-refractivity contribution in [3.63, 3.8) is 0 Å². The molecular weight excluding hydrogens is 323 g/mol. The van der Waals surface area contributed by atoms with Crippen LogP contribution >= 0.6 is 7.26 Å². The Bertz CT molecular complexity index is 672. The summed E-state index contributed by atoms with van der Waals surface area (Å²) in [7, 11) is -2.21. The molecule has 3 aromatic rings. The van der Waals surface area contributed by atoms with E-state index in [0.717, 1.165) is 6.16 Å². The van der Waals surface area contributed by atoms with Crippen molar-refractivity contribution in [2.75, 3.05) is 6.16 Å². The Morgan fingerprint density at radius 1 is 0.640 bits per heavy atom. The Hall–Kier alpha value is -1.95. The molecule has 25 heavy (non-hydrogen) atoms. The van der Waals surface area contributed by atoms with E-state index in [2.05, 4.69) is 97.9 Å². The van der Waals surface area contributed by atoms with Gasteiger partial charge < -0.3 is 0 Å². The minimum atomic E-state index is -2.21. The molecule has 2 atom stereocenters. The molecule has 0 amide bonds. The Morgan fingerprint density at radius 3 is 1.24 bits per heavy atom. The molecule has 0 heterocycles. The summed E-state index contributed by atoms with van der Waals surface area (Å²) in [5.41, 5.74) is 0. The van der Waals surface area contributed by atoms with Crippen LogP contribution in [0, 0.1) is 5.92 Å². The molecule has 0 unspecified atom stereocenters. The topological polar surface area (TPSA) is 20.2 Å². The fraction of sp³-hybridized carbons (Fsp3) is 0.217. The van der Waals surface area contributed by atoms with E-state index in [1.807, 2.05) is 6.92 Å². The maximum absolute atomic E-state index is 10.2. The van der Waals surface area contributed by atoms with Crippen LogP contribution in [0.15, 0.2) is 91.0 Å². The molecular formula is C23H27OP. The molecule has 2 heteroatoms. The van der Waals surface area contributed by atoms with Crippen LogP contribution in [-0.2, 0) is 0 Å². The van der Waals surface area contributed by atoms with Crippen molar-refractivity contribution in [2.24, 2.45) is 5.92 Å². The van der Waals surface area contributed by atoms with Gasteiger partial charge in [-0.1, -0.05) is 0 Å². The second kappa shape index (κ2) is 7.95. The summed E-state index contributed by atoms with van der Waals surface area (Å²) in [4.78, 5) is 0. The average Bonchev–Trinajstić information content (AvgIpc) is 2.68. The number of hydrogen-bond acceptors (Lipinski definition) is 1. The second-order valence-electron chi connectivity index (χ2n) is 6.93. The normalized spacial score (nSPS) is 14.7. The zero-order valence-corrected chi connectivity index (χ0v) is 16.0. The van der Waals surface area contributed by atoms with E-state index in [-0.39, 0.29) is 12.0 Å². The average molecular weight is 350 g/mol. The predicted octanol–water partition coefficient (Wildman–Crippen LogP) is 3.73. The number of aliphatic hydroxyl groups is 1. The summed E-state index contributed by atoms with van der Waals surface area (Å²) in [6.45, 7) is 4.08. The summed E-state index contributed by atoms with van der Waals surface area (Å²) in [6, 6.07) is 32.6. The van der Waals surface area contributed by atoms with Crippen molar-refractivity contribution in [1.82, 2.24) is 0 Å². The van der Waals surface area contributed by atoms with E-state index in [4.69, 9.17) is 0 Å². The molecule has 0 bridgehead atoms. The summed E-state index contributed by atoms with van der Waals surface area (Å²) in [5.74, 6) is 0.229. The molecule has 0 radical (unpaired) electrons. The van der Waals surface area contributed by atoms with Gasteiger partial charge in [-0.25, -0.2) is 0 Å². The molecule has 3 rings (SSSR count). The van der Waals surface area contributed by atoms with Crippen LogP contribution in [0.1, 0.15) is 13.8 Å². The Balaban J connectivity index is 2.27. The molecule has 0 aromatic heterocycles. The third-order valence-corrected chi connectivity index (χ3v) is 10.5. The molecule has 1 nitrogen and oxygen atoms in total. The monoisotopic (exact) mass is 350 g/mol. The van der Waals surface area contributed by atoms with Crippen molar-refractivity contribution < 1.29 is 5.11 Å². The van der Waals surface area contributed by atoms with Crippen LogP contribution < -0.4 is 15.9 Å². The zero-order chi connectivity index (χ0) is 17.7. The van der Waals surface area contributed by atoms with Crippen molar-refractivity contribution >= 4 is 23.2 Å². The fourth-order valence-electron chi connectivity index (χ4n) is 3.68. The summed E-state index contributed by atoms with van der Waals surface area (Å²) in [6.07, 6.45) is 0.672. The van der Waals surface area contributed by atoms with Gasteiger partial charge in [0.2, 0.25) is 0 Å². The van der Waals surface area contributed by atoms with Crippen LogP contribution in [-0.4, -0.2) is 17.4 Å². The van der Waals surface area contributed by atoms with Gasteiger partial charge in [0.1, 0.15) is 0 Å². The molecule has 0 aliphatic heterocycles. The summed E-state index contributed by atoms with van der Waals surface area (Å²) < 4.78 is 0. The van der Waals surface area contributed by atoms with Crippen LogP contribution in [0.4, 0.5) is 0 Å². The number of hydrogen-bond donors (Lipinski definition) is 1. The van der Waals surface area contributed by atoms with Crippen molar-refractivity contribution in [3.05, 3.63) is 91.0 Å². The van der Waals surface area contributed by atoms with Gasteiger partial charge in [0.15, 0.2) is 0 Å². The van der Waals surface area contributed by atoms with Gasteiger partial charge in [0.25, 0.3) is 0 Å². The molecule has 3 aromatic carbocycles. The summed E-state index contributed by atoms with van der Waals surface area (Å²) >= 11 is 0. The molecule has 0 fully saturated rings. The standard InChI is InChI=1S/C23H27OP/c1-19(20(2)24)18-25(21-12-6-3-7-13-21,22-14-8-4-9-15-22)23-16-10-5-11-17-23/h3-17,19-20,24-25H,18H2,1-2H3/t19-,20+/m1/s1. The fourth-order valence-corrected chi connectivity index (χ4v) is 8.97. The van der Waals surface area contributed by atoms with Crippen LogP contribution in [0.5, 0.6) is 0 Å². The third-order valence-electron chi connectivity index (χ3n) is 5.25. The van der Waals surface area contributed by atoms with Crippen LogP contribution in [0.2, 0.25) is 0 Å². The molecule has 0 spiro atoms. The van der Waals surface area contributed by atoms with E-state index < -0.39 is 7.26 Å². The van der Waals surface area contributed by atoms with E-state index in [1.54, 1.807) is 0 Å². The number of rotatable bonds is 6. The van der Waals surface area contributed by atoms with Gasteiger partial charge in [-0.15, -0.1) is 0 Å². The van der Waals surface area contributed by atoms with E-state index in [1.165, 1.54) is 15.9 Å². The van der Waals surface area contributed by atoms with Crippen LogP contribution in [0.25, 0.3) is 0 Å². The molecule has 0 aliphatic rings. The molecule has 130 valence electrons. The summed E-state index contributed by atoms with van der Waals surface area (Å²) in [5, 5.41) is 14.5. The van der Waals surface area contributed by atoms with Gasteiger partial charge in [-0.3, -0.25) is 0 Å². The Labute approximate surface area is 151 Å². The minimum absolute atomic E-state index is 0.229. The maximum atomic E-state index is 10.2. The Kier molecular flexibility index (Phi) is 5.68. The molecule has 0 aliphatic carbocycles. The van der Waals surface area contributed by atoms with Crippen molar-refractivity contribution in [3.8, 4) is 0 Å². The first-order chi connectivity index (χ1) is 12.1. The molecule has 0 saturated carbocycles. The van der Waals surface area contributed by atoms with Gasteiger partial charge >= 0.3 is 151 Å². The first-order valence-electron chi connectivity index (χ1n) is 8.99. The van der Waals surface area contributed by atoms with Gasteiger partial charge in [-0.05, 0) is 0 Å². The van der Waals surface area contributed by atoms with Crippen molar-refractivity contribution in [2.45, 2.75) is 20.0 Å². The van der Waals surface area contributed by atoms with Gasteiger partial charge in [0.05, 0.1) is 0 Å². The van der Waals surface area contributed by atoms with Gasteiger partial charge in [-0.2, -0.15) is 0 Å². The van der Waals surface area contributed by atoms with Crippen molar-refractivity contribution in [1.29, 1.82) is 0 Å². The van der Waals surface area contributed by atoms with E-state index in [0.29, 0.717) is 0 Å². The third kappa shape index (κ3) is 3.68. The first kappa shape index (κ1) is 17.9. The van der Waals surface area contributed by atoms with Gasteiger partial charge in [0, 0.05) is 0 Å². The van der Waals surface area contributed by atoms with Crippen LogP contribution in [0.3, 0.4) is 0 Å². The predicted molar refractivity (Wildman–Crippen MR) is 112 cm³/mol. The SMILES string of the molecule is C[C@H](O)[C@H](C)C[PH](c1ccccc1)(c1ccccc1)c1ccccc1. The zero-order valence-electron chi connectivity index (χ0n) is 15.0. The van der Waals surface area contributed by atoms with E-state index in [9.17, 15) is 5.11 Å². The molecule has 1 N–H and O–H groups in total. The Morgan fingerprint density at radius 2 is 0.960 bits per heavy atom.